The fourth-order valence-corrected chi connectivity index (χ4v) is 5.46. The molecule has 0 N–H and O–H groups in total. The number of ether oxygens (including phenoxy) is 2. The van der Waals surface area contributed by atoms with Gasteiger partial charge in [-0.05, 0) is 63.8 Å². The lowest BCUT2D eigenvalue weighted by Gasteiger charge is -2.26. The first-order chi connectivity index (χ1) is 16.8. The summed E-state index contributed by atoms with van der Waals surface area (Å²) in [4.78, 5) is 33.2. The van der Waals surface area contributed by atoms with Crippen molar-refractivity contribution in [1.82, 2.24) is 4.57 Å². The SMILES string of the molecule is CCOC(=O)C1=C(C)N=c2s/c(=C/c3ccc(SC)cc3)c(=O)n2[C@@H]1c1ccccc1OC(C)C. The third kappa shape index (κ3) is 5.13. The third-order valence-corrected chi connectivity index (χ3v) is 7.23. The average molecular weight is 509 g/mol. The highest BCUT2D eigenvalue weighted by molar-refractivity contribution is 7.98. The van der Waals surface area contributed by atoms with Crippen molar-refractivity contribution in [2.75, 3.05) is 12.9 Å². The van der Waals surface area contributed by atoms with Crippen LogP contribution in [0.5, 0.6) is 5.75 Å². The minimum Gasteiger partial charge on any atom is -0.491 e. The summed E-state index contributed by atoms with van der Waals surface area (Å²) in [6.45, 7) is 7.65. The van der Waals surface area contributed by atoms with E-state index in [1.807, 2.05) is 74.7 Å². The van der Waals surface area contributed by atoms with E-state index >= 15 is 0 Å². The first kappa shape index (κ1) is 25.0. The lowest BCUT2D eigenvalue weighted by atomic mass is 9.95. The van der Waals surface area contributed by atoms with E-state index < -0.39 is 12.0 Å². The van der Waals surface area contributed by atoms with Crippen LogP contribution in [0.4, 0.5) is 0 Å². The van der Waals surface area contributed by atoms with E-state index in [1.165, 1.54) is 11.3 Å². The molecule has 1 atom stereocenters. The van der Waals surface area contributed by atoms with Gasteiger partial charge in [0.15, 0.2) is 4.80 Å². The quantitative estimate of drug-likeness (QED) is 0.351. The van der Waals surface area contributed by atoms with Crippen LogP contribution in [0, 0.1) is 0 Å². The molecule has 0 amide bonds. The maximum absolute atomic E-state index is 13.8. The van der Waals surface area contributed by atoms with Crippen LogP contribution in [0.25, 0.3) is 6.08 Å². The standard InChI is InChI=1S/C27H28N2O4S2/c1-6-32-26(31)23-17(4)28-27-29(24(23)20-9-7-8-10-21(20)33-16(2)3)25(30)22(35-27)15-18-11-13-19(34-5)14-12-18/h7-16,24H,6H2,1-5H3/b22-15+/t24-/m1/s1. The number of hydrogen-bond acceptors (Lipinski definition) is 7. The molecule has 0 aliphatic carbocycles. The second kappa shape index (κ2) is 10.7. The number of esters is 1. The fraction of sp³-hybridized carbons (Fsp3) is 0.296. The van der Waals surface area contributed by atoms with Gasteiger partial charge in [0.25, 0.3) is 5.56 Å². The molecule has 182 valence electrons. The Morgan fingerprint density at radius 3 is 2.57 bits per heavy atom. The Morgan fingerprint density at radius 2 is 1.91 bits per heavy atom. The monoisotopic (exact) mass is 508 g/mol. The summed E-state index contributed by atoms with van der Waals surface area (Å²) in [5.74, 6) is 0.131. The Morgan fingerprint density at radius 1 is 1.20 bits per heavy atom. The highest BCUT2D eigenvalue weighted by atomic mass is 32.2. The zero-order valence-electron chi connectivity index (χ0n) is 20.4. The van der Waals surface area contributed by atoms with Gasteiger partial charge >= 0.3 is 5.97 Å². The number of thiazole rings is 1. The van der Waals surface area contributed by atoms with Crippen molar-refractivity contribution < 1.29 is 14.3 Å². The highest BCUT2D eigenvalue weighted by Crippen LogP contribution is 2.36. The van der Waals surface area contributed by atoms with Gasteiger partial charge in [0.05, 0.1) is 28.5 Å². The van der Waals surface area contributed by atoms with Gasteiger partial charge in [-0.2, -0.15) is 0 Å². The molecule has 1 aliphatic heterocycles. The molecular formula is C27H28N2O4S2. The Labute approximate surface area is 212 Å². The van der Waals surface area contributed by atoms with Crippen LogP contribution in [-0.2, 0) is 9.53 Å². The van der Waals surface area contributed by atoms with E-state index in [-0.39, 0.29) is 18.3 Å². The molecule has 1 aromatic heterocycles. The molecule has 2 aromatic carbocycles. The first-order valence-corrected chi connectivity index (χ1v) is 13.5. The van der Waals surface area contributed by atoms with Crippen LogP contribution in [0.15, 0.2) is 74.5 Å². The zero-order chi connectivity index (χ0) is 25.1. The lowest BCUT2D eigenvalue weighted by molar-refractivity contribution is -0.139. The number of nitrogens with zero attached hydrogens (tertiary/aromatic N) is 2. The topological polar surface area (TPSA) is 69.9 Å². The summed E-state index contributed by atoms with van der Waals surface area (Å²) in [5.41, 5.74) is 2.31. The lowest BCUT2D eigenvalue weighted by Crippen LogP contribution is -2.40. The van der Waals surface area contributed by atoms with Crippen LogP contribution in [0.1, 0.15) is 44.9 Å². The number of carbonyl (C=O) groups excluding carboxylic acids is 1. The smallest absolute Gasteiger partial charge is 0.338 e. The van der Waals surface area contributed by atoms with Crippen LogP contribution in [-0.4, -0.2) is 29.5 Å². The van der Waals surface area contributed by atoms with Crippen LogP contribution in [0.3, 0.4) is 0 Å². The summed E-state index contributed by atoms with van der Waals surface area (Å²) >= 11 is 2.98. The first-order valence-electron chi connectivity index (χ1n) is 11.4. The van der Waals surface area contributed by atoms with E-state index in [4.69, 9.17) is 9.47 Å². The number of benzene rings is 2. The number of aromatic nitrogens is 1. The molecule has 0 saturated heterocycles. The van der Waals surface area contributed by atoms with E-state index in [1.54, 1.807) is 30.2 Å². The number of fused-ring (bicyclic) bond motifs is 1. The molecule has 0 unspecified atom stereocenters. The van der Waals surface area contributed by atoms with Gasteiger partial charge < -0.3 is 9.47 Å². The molecular weight excluding hydrogens is 480 g/mol. The fourth-order valence-electron chi connectivity index (χ4n) is 4.00. The molecule has 0 fully saturated rings. The van der Waals surface area contributed by atoms with E-state index in [9.17, 15) is 9.59 Å². The van der Waals surface area contributed by atoms with Crippen molar-refractivity contribution >= 4 is 35.1 Å². The largest absolute Gasteiger partial charge is 0.491 e. The number of thioether (sulfide) groups is 1. The van der Waals surface area contributed by atoms with Gasteiger partial charge in [-0.25, -0.2) is 9.79 Å². The minimum absolute atomic E-state index is 0.0765. The Hall–Kier alpha value is -3.10. The number of hydrogen-bond donors (Lipinski definition) is 0. The molecule has 0 saturated carbocycles. The Bertz CT molecular complexity index is 1450. The number of allylic oxidation sites excluding steroid dienone is 1. The predicted octanol–water partition coefficient (Wildman–Crippen LogP) is 4.31. The summed E-state index contributed by atoms with van der Waals surface area (Å²) in [5, 5.41) is 0. The number of para-hydroxylation sites is 1. The number of rotatable bonds is 7. The van der Waals surface area contributed by atoms with Gasteiger partial charge in [-0.3, -0.25) is 9.36 Å². The van der Waals surface area contributed by atoms with Crippen molar-refractivity contribution in [3.8, 4) is 5.75 Å². The summed E-state index contributed by atoms with van der Waals surface area (Å²) in [6.07, 6.45) is 3.81. The maximum Gasteiger partial charge on any atom is 0.338 e. The minimum atomic E-state index is -0.707. The summed E-state index contributed by atoms with van der Waals surface area (Å²) < 4.78 is 13.6. The average Bonchev–Trinajstić information content (AvgIpc) is 3.13. The van der Waals surface area contributed by atoms with Gasteiger partial charge in [0.2, 0.25) is 0 Å². The second-order valence-corrected chi connectivity index (χ2v) is 10.2. The van der Waals surface area contributed by atoms with Crippen molar-refractivity contribution in [2.45, 2.75) is 44.7 Å². The van der Waals surface area contributed by atoms with Crippen molar-refractivity contribution in [1.29, 1.82) is 0 Å². The van der Waals surface area contributed by atoms with E-state index in [0.29, 0.717) is 26.4 Å². The van der Waals surface area contributed by atoms with Crippen LogP contribution < -0.4 is 19.6 Å². The van der Waals surface area contributed by atoms with Crippen LogP contribution >= 0.6 is 23.1 Å². The molecule has 1 aliphatic rings. The third-order valence-electron chi connectivity index (χ3n) is 5.51. The predicted molar refractivity (Wildman–Crippen MR) is 141 cm³/mol. The van der Waals surface area contributed by atoms with Crippen molar-refractivity contribution in [3.05, 3.63) is 90.6 Å². The van der Waals surface area contributed by atoms with Gasteiger partial charge in [-0.15, -0.1) is 11.8 Å². The van der Waals surface area contributed by atoms with Gasteiger partial charge in [-0.1, -0.05) is 41.7 Å². The van der Waals surface area contributed by atoms with Gasteiger partial charge in [0, 0.05) is 10.5 Å². The molecule has 0 spiro atoms. The molecule has 0 radical (unpaired) electrons. The molecule has 6 nitrogen and oxygen atoms in total. The van der Waals surface area contributed by atoms with Crippen molar-refractivity contribution in [3.63, 3.8) is 0 Å². The van der Waals surface area contributed by atoms with Crippen LogP contribution in [0.2, 0.25) is 0 Å². The molecule has 4 rings (SSSR count). The Balaban J connectivity index is 1.95. The number of carbonyl (C=O) groups is 1. The summed E-state index contributed by atoms with van der Waals surface area (Å²) in [6, 6.07) is 14.8. The van der Waals surface area contributed by atoms with Crippen molar-refractivity contribution in [2.24, 2.45) is 4.99 Å². The summed E-state index contributed by atoms with van der Waals surface area (Å²) in [7, 11) is 0. The Kier molecular flexibility index (Phi) is 7.62. The van der Waals surface area contributed by atoms with E-state index in [0.717, 1.165) is 16.0 Å². The molecule has 8 heteroatoms. The second-order valence-electron chi connectivity index (χ2n) is 8.28. The van der Waals surface area contributed by atoms with E-state index in [2.05, 4.69) is 4.99 Å². The normalized spacial score (nSPS) is 15.7. The van der Waals surface area contributed by atoms with Gasteiger partial charge in [0.1, 0.15) is 11.8 Å². The molecule has 3 aromatic rings. The molecule has 2 heterocycles. The highest BCUT2D eigenvalue weighted by Gasteiger charge is 2.35. The molecule has 35 heavy (non-hydrogen) atoms. The zero-order valence-corrected chi connectivity index (χ0v) is 22.0. The molecule has 0 bridgehead atoms. The maximum atomic E-state index is 13.8.